The van der Waals surface area contributed by atoms with Crippen molar-refractivity contribution in [2.75, 3.05) is 38.1 Å². The molecule has 0 amide bonds. The van der Waals surface area contributed by atoms with E-state index in [2.05, 4.69) is 32.9 Å². The number of hydrogen-bond donors (Lipinski definition) is 1. The van der Waals surface area contributed by atoms with Crippen molar-refractivity contribution in [3.8, 4) is 11.4 Å². The van der Waals surface area contributed by atoms with Crippen molar-refractivity contribution in [2.24, 2.45) is 0 Å². The van der Waals surface area contributed by atoms with E-state index in [0.29, 0.717) is 16.7 Å². The summed E-state index contributed by atoms with van der Waals surface area (Å²) >= 11 is 0. The number of H-pyrrole nitrogens is 1. The van der Waals surface area contributed by atoms with E-state index in [1.165, 1.54) is 0 Å². The highest BCUT2D eigenvalue weighted by molar-refractivity contribution is 5.83. The first-order chi connectivity index (χ1) is 14.0. The van der Waals surface area contributed by atoms with Gasteiger partial charge in [-0.1, -0.05) is 0 Å². The van der Waals surface area contributed by atoms with Gasteiger partial charge in [-0.3, -0.25) is 4.79 Å². The highest BCUT2D eigenvalue weighted by atomic mass is 16.1. The number of likely N-dealkylation sites (N-methyl/N-ethyl adjacent to an activating group) is 1. The summed E-state index contributed by atoms with van der Waals surface area (Å²) in [6, 6.07) is 8.00. The predicted molar refractivity (Wildman–Crippen MR) is 116 cm³/mol. The van der Waals surface area contributed by atoms with E-state index in [-0.39, 0.29) is 5.56 Å². The van der Waals surface area contributed by atoms with Gasteiger partial charge in [0.25, 0.3) is 5.56 Å². The molecule has 3 aromatic heterocycles. The van der Waals surface area contributed by atoms with Crippen LogP contribution in [0.4, 0.5) is 5.69 Å². The number of pyridine rings is 1. The van der Waals surface area contributed by atoms with Crippen LogP contribution < -0.4 is 10.5 Å². The number of nitrogens with zero attached hydrogens (tertiary/aromatic N) is 5. The van der Waals surface area contributed by atoms with Crippen LogP contribution in [0.3, 0.4) is 0 Å². The predicted octanol–water partition coefficient (Wildman–Crippen LogP) is 2.61. The topological polar surface area (TPSA) is 69.5 Å². The Morgan fingerprint density at radius 1 is 1.00 bits per heavy atom. The van der Waals surface area contributed by atoms with Gasteiger partial charge in [0, 0.05) is 49.8 Å². The van der Waals surface area contributed by atoms with Crippen molar-refractivity contribution < 1.29 is 0 Å². The minimum atomic E-state index is -0.111. The third-order valence-electron chi connectivity index (χ3n) is 5.69. The summed E-state index contributed by atoms with van der Waals surface area (Å²) in [5.74, 6) is 0.575. The lowest BCUT2D eigenvalue weighted by Crippen LogP contribution is -2.44. The second kappa shape index (κ2) is 6.70. The van der Waals surface area contributed by atoms with Gasteiger partial charge < -0.3 is 19.2 Å². The molecule has 0 atom stereocenters. The fourth-order valence-electron chi connectivity index (χ4n) is 4.05. The number of nitrogens with one attached hydrogen (secondary N) is 1. The Morgan fingerprint density at radius 3 is 2.59 bits per heavy atom. The normalized spacial score (nSPS) is 15.5. The van der Waals surface area contributed by atoms with Gasteiger partial charge in [0.2, 0.25) is 0 Å². The molecule has 0 unspecified atom stereocenters. The molecule has 1 N–H and O–H groups in total. The van der Waals surface area contributed by atoms with Gasteiger partial charge in [-0.05, 0) is 50.7 Å². The lowest BCUT2D eigenvalue weighted by atomic mass is 10.1. The van der Waals surface area contributed by atoms with Gasteiger partial charge in [-0.15, -0.1) is 0 Å². The second-order valence-corrected chi connectivity index (χ2v) is 7.93. The number of anilines is 1. The average molecular weight is 388 g/mol. The molecular weight excluding hydrogens is 364 g/mol. The first-order valence-electron chi connectivity index (χ1n) is 9.92. The van der Waals surface area contributed by atoms with Crippen LogP contribution in [0.2, 0.25) is 0 Å². The average Bonchev–Trinajstić information content (AvgIpc) is 3.09. The number of aromatic nitrogens is 4. The van der Waals surface area contributed by atoms with Crippen molar-refractivity contribution in [3.05, 3.63) is 58.3 Å². The molecule has 7 nitrogen and oxygen atoms in total. The van der Waals surface area contributed by atoms with Crippen LogP contribution in [0.1, 0.15) is 11.3 Å². The third-order valence-corrected chi connectivity index (χ3v) is 5.69. The van der Waals surface area contributed by atoms with Crippen LogP contribution in [0, 0.1) is 13.8 Å². The van der Waals surface area contributed by atoms with E-state index >= 15 is 0 Å². The molecule has 7 heteroatoms. The zero-order valence-corrected chi connectivity index (χ0v) is 16.9. The van der Waals surface area contributed by atoms with E-state index in [1.807, 2.05) is 48.8 Å². The van der Waals surface area contributed by atoms with Crippen molar-refractivity contribution in [3.63, 3.8) is 0 Å². The number of benzene rings is 1. The summed E-state index contributed by atoms with van der Waals surface area (Å²) in [6.07, 6.45) is 3.94. The van der Waals surface area contributed by atoms with Crippen molar-refractivity contribution >= 4 is 22.2 Å². The molecule has 0 saturated carbocycles. The first kappa shape index (κ1) is 17.9. The largest absolute Gasteiger partial charge is 0.369 e. The number of imidazole rings is 1. The zero-order valence-electron chi connectivity index (χ0n) is 16.9. The van der Waals surface area contributed by atoms with Gasteiger partial charge in [0.15, 0.2) is 0 Å². The summed E-state index contributed by atoms with van der Waals surface area (Å²) in [4.78, 5) is 29.8. The maximum Gasteiger partial charge on any atom is 0.259 e. The number of piperazine rings is 1. The molecule has 1 saturated heterocycles. The molecule has 0 radical (unpaired) electrons. The maximum atomic E-state index is 12.9. The molecule has 1 fully saturated rings. The van der Waals surface area contributed by atoms with Crippen LogP contribution >= 0.6 is 0 Å². The van der Waals surface area contributed by atoms with Crippen LogP contribution in [-0.4, -0.2) is 57.5 Å². The van der Waals surface area contributed by atoms with E-state index in [1.54, 1.807) is 0 Å². The molecule has 0 spiro atoms. The van der Waals surface area contributed by atoms with Gasteiger partial charge in [0.1, 0.15) is 11.5 Å². The Hall–Kier alpha value is -3.19. The SMILES string of the molecule is Cc1cn2cc(-c3nc4ccc(N5CCN(C)CC5)cc4c(=O)[nH]3)cc(C)c2n1. The van der Waals surface area contributed by atoms with Crippen molar-refractivity contribution in [1.29, 1.82) is 0 Å². The van der Waals surface area contributed by atoms with Crippen LogP contribution in [0.25, 0.3) is 27.9 Å². The standard InChI is InChI=1S/C22H24N6O/c1-14-10-16(13-28-12-15(2)23-21(14)28)20-24-19-5-4-17(11-18(19)22(29)25-20)27-8-6-26(3)7-9-27/h4-5,10-13H,6-9H2,1-3H3,(H,24,25,29). The number of aromatic amines is 1. The molecule has 5 rings (SSSR count). The molecule has 4 heterocycles. The molecule has 1 aromatic carbocycles. The summed E-state index contributed by atoms with van der Waals surface area (Å²) in [5, 5.41) is 0.626. The number of fused-ring (bicyclic) bond motifs is 2. The van der Waals surface area contributed by atoms with Crippen molar-refractivity contribution in [1.82, 2.24) is 24.3 Å². The summed E-state index contributed by atoms with van der Waals surface area (Å²) in [5.41, 5.74) is 5.48. The van der Waals surface area contributed by atoms with E-state index in [0.717, 1.165) is 54.3 Å². The molecule has 4 aromatic rings. The molecule has 0 aliphatic carbocycles. The number of rotatable bonds is 2. The van der Waals surface area contributed by atoms with Gasteiger partial charge in [-0.25, -0.2) is 9.97 Å². The Kier molecular flexibility index (Phi) is 4.13. The molecular formula is C22H24N6O. The number of hydrogen-bond acceptors (Lipinski definition) is 5. The highest BCUT2D eigenvalue weighted by Gasteiger charge is 2.16. The van der Waals surface area contributed by atoms with Crippen LogP contribution in [-0.2, 0) is 0 Å². The Labute approximate surface area is 168 Å². The van der Waals surface area contributed by atoms with E-state index in [9.17, 15) is 4.79 Å². The molecule has 148 valence electrons. The fourth-order valence-corrected chi connectivity index (χ4v) is 4.05. The lowest BCUT2D eigenvalue weighted by Gasteiger charge is -2.34. The van der Waals surface area contributed by atoms with Gasteiger partial charge >= 0.3 is 0 Å². The summed E-state index contributed by atoms with van der Waals surface area (Å²) in [6.45, 7) is 7.99. The molecule has 1 aliphatic heterocycles. The van der Waals surface area contributed by atoms with E-state index in [4.69, 9.17) is 4.98 Å². The Morgan fingerprint density at radius 2 is 1.79 bits per heavy atom. The first-order valence-corrected chi connectivity index (χ1v) is 9.92. The van der Waals surface area contributed by atoms with Crippen molar-refractivity contribution in [2.45, 2.75) is 13.8 Å². The third kappa shape index (κ3) is 3.17. The molecule has 29 heavy (non-hydrogen) atoms. The van der Waals surface area contributed by atoms with Gasteiger partial charge in [-0.2, -0.15) is 0 Å². The molecule has 1 aliphatic rings. The quantitative estimate of drug-likeness (QED) is 0.572. The summed E-state index contributed by atoms with van der Waals surface area (Å²) in [7, 11) is 2.14. The van der Waals surface area contributed by atoms with Crippen LogP contribution in [0.5, 0.6) is 0 Å². The maximum absolute atomic E-state index is 12.9. The minimum absolute atomic E-state index is 0.111. The molecule has 0 bridgehead atoms. The monoisotopic (exact) mass is 388 g/mol. The smallest absolute Gasteiger partial charge is 0.259 e. The zero-order chi connectivity index (χ0) is 20.1. The second-order valence-electron chi connectivity index (χ2n) is 7.93. The fraction of sp³-hybridized carbons (Fsp3) is 0.318. The minimum Gasteiger partial charge on any atom is -0.369 e. The summed E-state index contributed by atoms with van der Waals surface area (Å²) < 4.78 is 1.99. The van der Waals surface area contributed by atoms with E-state index < -0.39 is 0 Å². The Balaban J connectivity index is 1.57. The lowest BCUT2D eigenvalue weighted by molar-refractivity contribution is 0.313. The van der Waals surface area contributed by atoms with Crippen LogP contribution in [0.15, 0.2) is 41.5 Å². The number of aryl methyl sites for hydroxylation is 2. The highest BCUT2D eigenvalue weighted by Crippen LogP contribution is 2.23. The van der Waals surface area contributed by atoms with Gasteiger partial charge in [0.05, 0.1) is 16.6 Å². The Bertz CT molecular complexity index is 1280.